The van der Waals surface area contributed by atoms with E-state index in [1.54, 1.807) is 29.1 Å². The highest BCUT2D eigenvalue weighted by atomic mass is 79.9. The zero-order valence-corrected chi connectivity index (χ0v) is 11.4. The zero-order valence-electron chi connectivity index (χ0n) is 9.85. The molecule has 0 spiro atoms. The van der Waals surface area contributed by atoms with Crippen LogP contribution in [-0.2, 0) is 13.6 Å². The lowest BCUT2D eigenvalue weighted by atomic mass is 10.2. The number of rotatable bonds is 3. The van der Waals surface area contributed by atoms with E-state index in [1.807, 2.05) is 13.2 Å². The van der Waals surface area contributed by atoms with Gasteiger partial charge in [0, 0.05) is 35.5 Å². The van der Waals surface area contributed by atoms with Crippen LogP contribution >= 0.6 is 15.9 Å². The Labute approximate surface area is 113 Å². The number of hydrogen-bond acceptors (Lipinski definition) is 3. The molecule has 3 N–H and O–H groups in total. The monoisotopic (exact) mass is 308 g/mol. The van der Waals surface area contributed by atoms with Crippen molar-refractivity contribution in [2.24, 2.45) is 7.05 Å². The van der Waals surface area contributed by atoms with Crippen molar-refractivity contribution in [1.82, 2.24) is 15.1 Å². The van der Waals surface area contributed by atoms with Gasteiger partial charge in [0.2, 0.25) is 0 Å². The van der Waals surface area contributed by atoms with Gasteiger partial charge < -0.3 is 11.1 Å². The Morgan fingerprint density at radius 3 is 3.00 bits per heavy atom. The Balaban J connectivity index is 2.05. The maximum Gasteiger partial charge on any atom is 0.252 e. The van der Waals surface area contributed by atoms with Gasteiger partial charge >= 0.3 is 0 Å². The van der Waals surface area contributed by atoms with Gasteiger partial charge in [-0.2, -0.15) is 5.10 Å². The topological polar surface area (TPSA) is 72.9 Å². The van der Waals surface area contributed by atoms with Crippen LogP contribution < -0.4 is 11.1 Å². The molecule has 1 aromatic heterocycles. The number of anilines is 1. The predicted molar refractivity (Wildman–Crippen MR) is 72.9 cm³/mol. The molecule has 0 fully saturated rings. The minimum Gasteiger partial charge on any atom is -0.399 e. The van der Waals surface area contributed by atoms with Crippen LogP contribution in [0, 0.1) is 0 Å². The number of carbonyl (C=O) groups is 1. The average Bonchev–Trinajstić information content (AvgIpc) is 2.75. The van der Waals surface area contributed by atoms with Crippen LogP contribution in [0.15, 0.2) is 35.1 Å². The molecule has 0 aliphatic heterocycles. The van der Waals surface area contributed by atoms with Crippen LogP contribution in [0.1, 0.15) is 15.9 Å². The number of aryl methyl sites for hydroxylation is 1. The van der Waals surface area contributed by atoms with Crippen LogP contribution in [0.4, 0.5) is 5.69 Å². The molecule has 5 nitrogen and oxygen atoms in total. The Morgan fingerprint density at radius 1 is 1.56 bits per heavy atom. The van der Waals surface area contributed by atoms with Crippen molar-refractivity contribution in [3.63, 3.8) is 0 Å². The molecule has 0 saturated heterocycles. The van der Waals surface area contributed by atoms with Gasteiger partial charge in [-0.1, -0.05) is 0 Å². The van der Waals surface area contributed by atoms with E-state index in [1.165, 1.54) is 0 Å². The number of nitrogen functional groups attached to an aromatic ring is 1. The van der Waals surface area contributed by atoms with Gasteiger partial charge in [-0.15, -0.1) is 0 Å². The summed E-state index contributed by atoms with van der Waals surface area (Å²) in [7, 11) is 1.83. The second-order valence-electron chi connectivity index (χ2n) is 3.94. The smallest absolute Gasteiger partial charge is 0.252 e. The fraction of sp³-hybridized carbons (Fsp3) is 0.167. The summed E-state index contributed by atoms with van der Waals surface area (Å²) in [6.45, 7) is 0.438. The zero-order chi connectivity index (χ0) is 13.1. The number of aromatic nitrogens is 2. The maximum atomic E-state index is 12.0. The molecule has 0 atom stereocenters. The van der Waals surface area contributed by atoms with Crippen LogP contribution in [-0.4, -0.2) is 15.7 Å². The first-order valence-corrected chi connectivity index (χ1v) is 6.16. The third-order valence-corrected chi connectivity index (χ3v) is 3.14. The molecule has 1 amide bonds. The number of hydrogen-bond donors (Lipinski definition) is 2. The predicted octanol–water partition coefficient (Wildman–Crippen LogP) is 1.69. The van der Waals surface area contributed by atoms with Gasteiger partial charge in [-0.3, -0.25) is 9.48 Å². The quantitative estimate of drug-likeness (QED) is 0.848. The van der Waals surface area contributed by atoms with Crippen LogP contribution in [0.3, 0.4) is 0 Å². The van der Waals surface area contributed by atoms with Crippen molar-refractivity contribution in [2.45, 2.75) is 6.54 Å². The summed E-state index contributed by atoms with van der Waals surface area (Å²) in [5, 5.41) is 6.85. The maximum absolute atomic E-state index is 12.0. The number of nitrogens with two attached hydrogens (primary N) is 1. The van der Waals surface area contributed by atoms with E-state index in [-0.39, 0.29) is 5.91 Å². The summed E-state index contributed by atoms with van der Waals surface area (Å²) in [6, 6.07) is 5.14. The lowest BCUT2D eigenvalue weighted by Gasteiger charge is -2.06. The van der Waals surface area contributed by atoms with Crippen LogP contribution in [0.2, 0.25) is 0 Å². The van der Waals surface area contributed by atoms with E-state index in [0.717, 1.165) is 10.0 Å². The lowest BCUT2D eigenvalue weighted by Crippen LogP contribution is -2.23. The summed E-state index contributed by atoms with van der Waals surface area (Å²) < 4.78 is 2.41. The summed E-state index contributed by atoms with van der Waals surface area (Å²) >= 11 is 3.33. The summed E-state index contributed by atoms with van der Waals surface area (Å²) in [4.78, 5) is 12.0. The van der Waals surface area contributed by atoms with Gasteiger partial charge in [0.05, 0.1) is 11.8 Å². The normalized spacial score (nSPS) is 10.3. The molecule has 1 heterocycles. The Hall–Kier alpha value is -1.82. The van der Waals surface area contributed by atoms with Crippen molar-refractivity contribution >= 4 is 27.5 Å². The number of nitrogens with zero attached hydrogens (tertiary/aromatic N) is 2. The molecule has 0 radical (unpaired) electrons. The molecule has 2 rings (SSSR count). The Bertz CT molecular complexity index is 579. The minimum atomic E-state index is -0.168. The Morgan fingerprint density at radius 2 is 2.33 bits per heavy atom. The minimum absolute atomic E-state index is 0.168. The van der Waals surface area contributed by atoms with E-state index >= 15 is 0 Å². The number of carbonyl (C=O) groups excluding carboxylic acids is 1. The van der Waals surface area contributed by atoms with Gasteiger partial charge in [0.1, 0.15) is 0 Å². The SMILES string of the molecule is Cn1cc(CNC(=O)c2cc(N)ccc2Br)cn1. The van der Waals surface area contributed by atoms with Gasteiger partial charge in [0.25, 0.3) is 5.91 Å². The van der Waals surface area contributed by atoms with E-state index in [4.69, 9.17) is 5.73 Å². The molecular weight excluding hydrogens is 296 g/mol. The summed E-state index contributed by atoms with van der Waals surface area (Å²) in [5.74, 6) is -0.168. The molecule has 2 aromatic rings. The average molecular weight is 309 g/mol. The van der Waals surface area contributed by atoms with Gasteiger partial charge in [-0.05, 0) is 34.1 Å². The first-order valence-electron chi connectivity index (χ1n) is 5.37. The van der Waals surface area contributed by atoms with Gasteiger partial charge in [-0.25, -0.2) is 0 Å². The van der Waals surface area contributed by atoms with Crippen molar-refractivity contribution in [3.05, 3.63) is 46.2 Å². The number of benzene rings is 1. The fourth-order valence-corrected chi connectivity index (χ4v) is 1.98. The molecule has 0 unspecified atom stereocenters. The van der Waals surface area contributed by atoms with Crippen LogP contribution in [0.25, 0.3) is 0 Å². The number of halogens is 1. The highest BCUT2D eigenvalue weighted by molar-refractivity contribution is 9.10. The third kappa shape index (κ3) is 2.89. The Kier molecular flexibility index (Phi) is 3.66. The largest absolute Gasteiger partial charge is 0.399 e. The molecule has 0 saturated carbocycles. The number of amides is 1. The molecule has 18 heavy (non-hydrogen) atoms. The highest BCUT2D eigenvalue weighted by Crippen LogP contribution is 2.19. The molecule has 0 aliphatic rings. The first-order chi connectivity index (χ1) is 8.56. The van der Waals surface area contributed by atoms with E-state index in [9.17, 15) is 4.79 Å². The highest BCUT2D eigenvalue weighted by Gasteiger charge is 2.10. The van der Waals surface area contributed by atoms with Gasteiger partial charge in [0.15, 0.2) is 0 Å². The summed E-state index contributed by atoms with van der Waals surface area (Å²) in [5.41, 5.74) is 7.70. The molecule has 1 aromatic carbocycles. The molecular formula is C12H13BrN4O. The van der Waals surface area contributed by atoms with Crippen LogP contribution in [0.5, 0.6) is 0 Å². The van der Waals surface area contributed by atoms with Crippen molar-refractivity contribution in [2.75, 3.05) is 5.73 Å². The first kappa shape index (κ1) is 12.6. The fourth-order valence-electron chi connectivity index (χ4n) is 1.56. The molecule has 0 bridgehead atoms. The van der Waals surface area contributed by atoms with Crippen molar-refractivity contribution in [1.29, 1.82) is 0 Å². The van der Waals surface area contributed by atoms with Crippen molar-refractivity contribution in [3.8, 4) is 0 Å². The molecule has 0 aliphatic carbocycles. The van der Waals surface area contributed by atoms with E-state index in [0.29, 0.717) is 17.8 Å². The molecule has 6 heteroatoms. The standard InChI is InChI=1S/C12H13BrN4O/c1-17-7-8(6-16-17)5-15-12(18)10-4-9(14)2-3-11(10)13/h2-4,6-7H,5,14H2,1H3,(H,15,18). The second-order valence-corrected chi connectivity index (χ2v) is 4.80. The van der Waals surface area contributed by atoms with E-state index in [2.05, 4.69) is 26.3 Å². The van der Waals surface area contributed by atoms with E-state index < -0.39 is 0 Å². The second kappa shape index (κ2) is 5.22. The summed E-state index contributed by atoms with van der Waals surface area (Å²) in [6.07, 6.45) is 3.57. The number of nitrogens with one attached hydrogen (secondary N) is 1. The third-order valence-electron chi connectivity index (χ3n) is 2.45. The van der Waals surface area contributed by atoms with Crippen molar-refractivity contribution < 1.29 is 4.79 Å². The molecule has 94 valence electrons. The lowest BCUT2D eigenvalue weighted by molar-refractivity contribution is 0.0950.